The number of rotatable bonds is 4. The van der Waals surface area contributed by atoms with Crippen molar-refractivity contribution in [1.29, 1.82) is 0 Å². The van der Waals surface area contributed by atoms with Crippen LogP contribution in [0.1, 0.15) is 31.6 Å². The molecular weight excluding hydrogens is 268 g/mol. The molecule has 2 aromatic heterocycles. The van der Waals surface area contributed by atoms with Crippen LogP contribution < -0.4 is 0 Å². The average Bonchev–Trinajstić information content (AvgIpc) is 3.03. The lowest BCUT2D eigenvalue weighted by molar-refractivity contribution is -0.132. The van der Waals surface area contributed by atoms with Gasteiger partial charge in [-0.2, -0.15) is 0 Å². The molecule has 0 N–H and O–H groups in total. The second-order valence-electron chi connectivity index (χ2n) is 5.16. The van der Waals surface area contributed by atoms with Crippen LogP contribution in [-0.2, 0) is 11.2 Å². The van der Waals surface area contributed by atoms with Gasteiger partial charge in [0.15, 0.2) is 0 Å². The van der Waals surface area contributed by atoms with E-state index in [1.54, 1.807) is 6.20 Å². The number of aromatic nitrogens is 3. The first kappa shape index (κ1) is 13.7. The molecule has 0 aliphatic carbocycles. The molecule has 0 radical (unpaired) electrons. The molecule has 0 spiro atoms. The SMILES string of the molecule is O=C(CCc1nnc(-c2ccccn2)o1)N1CCCCC1. The lowest BCUT2D eigenvalue weighted by Gasteiger charge is -2.26. The number of nitrogens with zero attached hydrogens (tertiary/aromatic N) is 4. The van der Waals surface area contributed by atoms with Crippen LogP contribution in [0.15, 0.2) is 28.8 Å². The van der Waals surface area contributed by atoms with Gasteiger partial charge in [0.1, 0.15) is 5.69 Å². The van der Waals surface area contributed by atoms with Crippen LogP contribution in [0.3, 0.4) is 0 Å². The summed E-state index contributed by atoms with van der Waals surface area (Å²) in [6.45, 7) is 1.75. The average molecular weight is 286 g/mol. The first-order valence-corrected chi connectivity index (χ1v) is 7.34. The van der Waals surface area contributed by atoms with Gasteiger partial charge in [0.25, 0.3) is 5.89 Å². The molecule has 1 fully saturated rings. The lowest BCUT2D eigenvalue weighted by Crippen LogP contribution is -2.35. The Kier molecular flexibility index (Phi) is 4.23. The fraction of sp³-hybridized carbons (Fsp3) is 0.467. The van der Waals surface area contributed by atoms with E-state index in [2.05, 4.69) is 15.2 Å². The summed E-state index contributed by atoms with van der Waals surface area (Å²) < 4.78 is 5.55. The fourth-order valence-electron chi connectivity index (χ4n) is 2.46. The minimum Gasteiger partial charge on any atom is -0.419 e. The maximum absolute atomic E-state index is 12.1. The van der Waals surface area contributed by atoms with E-state index >= 15 is 0 Å². The molecule has 1 aliphatic rings. The molecule has 1 aliphatic heterocycles. The Balaban J connectivity index is 1.56. The number of aryl methyl sites for hydroxylation is 1. The number of carbonyl (C=O) groups excluding carboxylic acids is 1. The zero-order valence-corrected chi connectivity index (χ0v) is 11.9. The molecule has 6 heteroatoms. The normalized spacial score (nSPS) is 15.1. The topological polar surface area (TPSA) is 72.1 Å². The Morgan fingerprint density at radius 3 is 2.81 bits per heavy atom. The van der Waals surface area contributed by atoms with Gasteiger partial charge in [0.2, 0.25) is 11.8 Å². The van der Waals surface area contributed by atoms with Crippen LogP contribution >= 0.6 is 0 Å². The third-order valence-electron chi connectivity index (χ3n) is 3.61. The lowest BCUT2D eigenvalue weighted by atomic mass is 10.1. The molecule has 3 rings (SSSR count). The molecule has 110 valence electrons. The van der Waals surface area contributed by atoms with Gasteiger partial charge in [-0.25, -0.2) is 0 Å². The van der Waals surface area contributed by atoms with E-state index in [9.17, 15) is 4.79 Å². The molecule has 0 aromatic carbocycles. The van der Waals surface area contributed by atoms with Gasteiger partial charge in [-0.3, -0.25) is 9.78 Å². The number of amides is 1. The summed E-state index contributed by atoms with van der Waals surface area (Å²) in [7, 11) is 0. The van der Waals surface area contributed by atoms with Crippen LogP contribution in [0.5, 0.6) is 0 Å². The highest BCUT2D eigenvalue weighted by molar-refractivity contribution is 5.76. The first-order chi connectivity index (χ1) is 10.3. The van der Waals surface area contributed by atoms with E-state index < -0.39 is 0 Å². The Morgan fingerprint density at radius 2 is 2.05 bits per heavy atom. The van der Waals surface area contributed by atoms with Crippen LogP contribution in [0.4, 0.5) is 0 Å². The minimum atomic E-state index is 0.173. The summed E-state index contributed by atoms with van der Waals surface area (Å²) in [6.07, 6.45) is 6.02. The highest BCUT2D eigenvalue weighted by Gasteiger charge is 2.17. The quantitative estimate of drug-likeness (QED) is 0.860. The third-order valence-corrected chi connectivity index (χ3v) is 3.61. The Labute approximate surface area is 123 Å². The van der Waals surface area contributed by atoms with Gasteiger partial charge in [-0.1, -0.05) is 6.07 Å². The standard InChI is InChI=1S/C15H18N4O2/c20-14(19-10-4-1-5-11-19)8-7-13-17-18-15(21-13)12-6-2-3-9-16-12/h2-3,6,9H,1,4-5,7-8,10-11H2. The van der Waals surface area contributed by atoms with E-state index in [-0.39, 0.29) is 5.91 Å². The molecular formula is C15H18N4O2. The van der Waals surface area contributed by atoms with Crippen LogP contribution in [0.2, 0.25) is 0 Å². The number of hydrogen-bond donors (Lipinski definition) is 0. The summed E-state index contributed by atoms with van der Waals surface area (Å²) in [5.74, 6) is 1.06. The second-order valence-corrected chi connectivity index (χ2v) is 5.16. The molecule has 0 saturated carbocycles. The summed E-state index contributed by atoms with van der Waals surface area (Å²) >= 11 is 0. The summed E-state index contributed by atoms with van der Waals surface area (Å²) in [5.41, 5.74) is 0.651. The van der Waals surface area contributed by atoms with E-state index in [0.29, 0.717) is 30.3 Å². The van der Waals surface area contributed by atoms with Crippen LogP contribution in [0, 0.1) is 0 Å². The van der Waals surface area contributed by atoms with Crippen molar-refractivity contribution in [2.75, 3.05) is 13.1 Å². The van der Waals surface area contributed by atoms with E-state index in [0.717, 1.165) is 25.9 Å². The molecule has 0 bridgehead atoms. The van der Waals surface area contributed by atoms with Crippen LogP contribution in [0.25, 0.3) is 11.6 Å². The second kappa shape index (κ2) is 6.47. The number of likely N-dealkylation sites (tertiary alicyclic amines) is 1. The van der Waals surface area contributed by atoms with Crippen LogP contribution in [-0.4, -0.2) is 39.1 Å². The first-order valence-electron chi connectivity index (χ1n) is 7.34. The molecule has 1 saturated heterocycles. The molecule has 2 aromatic rings. The fourth-order valence-corrected chi connectivity index (χ4v) is 2.46. The number of carbonyl (C=O) groups is 1. The minimum absolute atomic E-state index is 0.173. The molecule has 21 heavy (non-hydrogen) atoms. The molecule has 1 amide bonds. The Bertz CT molecular complexity index is 591. The zero-order chi connectivity index (χ0) is 14.5. The summed E-state index contributed by atoms with van der Waals surface area (Å²) in [5, 5.41) is 7.96. The van der Waals surface area contributed by atoms with Crippen molar-refractivity contribution in [1.82, 2.24) is 20.1 Å². The highest BCUT2D eigenvalue weighted by Crippen LogP contribution is 2.16. The van der Waals surface area contributed by atoms with Gasteiger partial charge in [-0.15, -0.1) is 10.2 Å². The predicted molar refractivity (Wildman–Crippen MR) is 76.3 cm³/mol. The Morgan fingerprint density at radius 1 is 1.19 bits per heavy atom. The monoisotopic (exact) mass is 286 g/mol. The van der Waals surface area contributed by atoms with Crippen molar-refractivity contribution >= 4 is 5.91 Å². The van der Waals surface area contributed by atoms with E-state index in [4.69, 9.17) is 4.42 Å². The molecule has 3 heterocycles. The maximum atomic E-state index is 12.1. The van der Waals surface area contributed by atoms with Crippen molar-refractivity contribution < 1.29 is 9.21 Å². The molecule has 0 atom stereocenters. The van der Waals surface area contributed by atoms with E-state index in [1.165, 1.54) is 6.42 Å². The predicted octanol–water partition coefficient (Wildman–Crippen LogP) is 2.08. The van der Waals surface area contributed by atoms with Crippen molar-refractivity contribution in [3.05, 3.63) is 30.3 Å². The van der Waals surface area contributed by atoms with Crippen molar-refractivity contribution in [3.63, 3.8) is 0 Å². The number of hydrogen-bond acceptors (Lipinski definition) is 5. The van der Waals surface area contributed by atoms with Crippen molar-refractivity contribution in [2.45, 2.75) is 32.1 Å². The third kappa shape index (κ3) is 3.45. The Hall–Kier alpha value is -2.24. The van der Waals surface area contributed by atoms with Gasteiger partial charge >= 0.3 is 0 Å². The maximum Gasteiger partial charge on any atom is 0.266 e. The number of piperidine rings is 1. The smallest absolute Gasteiger partial charge is 0.266 e. The van der Waals surface area contributed by atoms with Crippen molar-refractivity contribution in [2.24, 2.45) is 0 Å². The summed E-state index contributed by atoms with van der Waals surface area (Å²) in [4.78, 5) is 18.2. The zero-order valence-electron chi connectivity index (χ0n) is 11.9. The summed E-state index contributed by atoms with van der Waals surface area (Å²) in [6, 6.07) is 5.51. The highest BCUT2D eigenvalue weighted by atomic mass is 16.4. The van der Waals surface area contributed by atoms with Gasteiger partial charge in [0.05, 0.1) is 0 Å². The van der Waals surface area contributed by atoms with Crippen molar-refractivity contribution in [3.8, 4) is 11.6 Å². The van der Waals surface area contributed by atoms with Gasteiger partial charge in [-0.05, 0) is 31.4 Å². The molecule has 0 unspecified atom stereocenters. The largest absolute Gasteiger partial charge is 0.419 e. The molecule has 6 nitrogen and oxygen atoms in total. The number of pyridine rings is 1. The van der Waals surface area contributed by atoms with Gasteiger partial charge < -0.3 is 9.32 Å². The van der Waals surface area contributed by atoms with Gasteiger partial charge in [0, 0.05) is 32.1 Å². The van der Waals surface area contributed by atoms with E-state index in [1.807, 2.05) is 23.1 Å².